The number of aromatic nitrogens is 1. The lowest BCUT2D eigenvalue weighted by molar-refractivity contribution is -0.131. The first kappa shape index (κ1) is 16.8. The van der Waals surface area contributed by atoms with Crippen LogP contribution in [0.15, 0.2) is 35.1 Å². The zero-order chi connectivity index (χ0) is 18.4. The molecule has 3 heterocycles. The Hall–Kier alpha value is -2.63. The van der Waals surface area contributed by atoms with Gasteiger partial charge in [-0.15, -0.1) is 0 Å². The number of rotatable bonds is 2. The molecule has 0 unspecified atom stereocenters. The number of fused-ring (bicyclic) bond motifs is 4. The number of hydrogen-bond acceptors (Lipinski definition) is 3. The summed E-state index contributed by atoms with van der Waals surface area (Å²) in [4.78, 5) is 26.4. The van der Waals surface area contributed by atoms with E-state index < -0.39 is 0 Å². The molecule has 0 N–H and O–H groups in total. The Labute approximate surface area is 151 Å². The van der Waals surface area contributed by atoms with Crippen molar-refractivity contribution >= 4 is 5.91 Å². The van der Waals surface area contributed by atoms with Gasteiger partial charge in [-0.05, 0) is 42.2 Å². The lowest BCUT2D eigenvalue weighted by atomic mass is 9.82. The third-order valence-corrected chi connectivity index (χ3v) is 5.47. The van der Waals surface area contributed by atoms with Gasteiger partial charge in [-0.3, -0.25) is 9.59 Å². The number of carbonyl (C=O) groups is 1. The van der Waals surface area contributed by atoms with E-state index in [1.165, 1.54) is 19.2 Å². The molecule has 6 heteroatoms. The maximum Gasteiger partial charge on any atom is 0.251 e. The summed E-state index contributed by atoms with van der Waals surface area (Å²) >= 11 is 0. The van der Waals surface area contributed by atoms with Gasteiger partial charge < -0.3 is 14.2 Å². The summed E-state index contributed by atoms with van der Waals surface area (Å²) in [7, 11) is 1.53. The van der Waals surface area contributed by atoms with E-state index in [0.717, 1.165) is 12.1 Å². The monoisotopic (exact) mass is 356 g/mol. The Balaban J connectivity index is 1.82. The Morgan fingerprint density at radius 1 is 1.19 bits per heavy atom. The zero-order valence-electron chi connectivity index (χ0n) is 14.9. The first-order chi connectivity index (χ1) is 12.5. The van der Waals surface area contributed by atoms with Crippen molar-refractivity contribution < 1.29 is 13.9 Å². The van der Waals surface area contributed by atoms with Crippen LogP contribution in [0.2, 0.25) is 0 Å². The molecule has 5 nitrogen and oxygen atoms in total. The second-order valence-corrected chi connectivity index (χ2v) is 7.18. The molecule has 2 aliphatic heterocycles. The third kappa shape index (κ3) is 2.79. The molecule has 136 valence electrons. The van der Waals surface area contributed by atoms with Crippen LogP contribution in [-0.4, -0.2) is 35.6 Å². The quantitative estimate of drug-likeness (QED) is 0.831. The van der Waals surface area contributed by atoms with E-state index in [9.17, 15) is 14.0 Å². The van der Waals surface area contributed by atoms with Crippen molar-refractivity contribution in [1.29, 1.82) is 0 Å². The molecule has 4 rings (SSSR count). The SMILES string of the molecule is COc1ccc(F)cc1-c1cc2n(c(=O)c1)C[C@H]1C[C@@H]2CN(C(C)=O)C1. The molecule has 2 aromatic rings. The molecule has 1 aromatic heterocycles. The molecule has 1 aromatic carbocycles. The molecule has 2 aliphatic rings. The molecule has 1 saturated heterocycles. The molecule has 1 amide bonds. The first-order valence-corrected chi connectivity index (χ1v) is 8.80. The number of amides is 1. The van der Waals surface area contributed by atoms with Gasteiger partial charge in [0.05, 0.1) is 7.11 Å². The summed E-state index contributed by atoms with van der Waals surface area (Å²) in [5.41, 5.74) is 2.04. The molecule has 26 heavy (non-hydrogen) atoms. The van der Waals surface area contributed by atoms with Gasteiger partial charge in [0.1, 0.15) is 11.6 Å². The molecule has 0 aliphatic carbocycles. The van der Waals surface area contributed by atoms with Gasteiger partial charge in [-0.2, -0.15) is 0 Å². The van der Waals surface area contributed by atoms with Crippen LogP contribution in [0.3, 0.4) is 0 Å². The Morgan fingerprint density at radius 3 is 2.73 bits per heavy atom. The van der Waals surface area contributed by atoms with Crippen LogP contribution in [-0.2, 0) is 11.3 Å². The Bertz CT molecular complexity index is 937. The molecule has 1 fully saturated rings. The lowest BCUT2D eigenvalue weighted by Gasteiger charge is -2.42. The van der Waals surface area contributed by atoms with E-state index in [0.29, 0.717) is 42.4 Å². The fraction of sp³-hybridized carbons (Fsp3) is 0.400. The third-order valence-electron chi connectivity index (χ3n) is 5.47. The molecule has 0 spiro atoms. The second-order valence-electron chi connectivity index (χ2n) is 7.18. The van der Waals surface area contributed by atoms with Gasteiger partial charge in [0.15, 0.2) is 0 Å². The predicted molar refractivity (Wildman–Crippen MR) is 95.8 cm³/mol. The normalized spacial score (nSPS) is 21.3. The standard InChI is InChI=1S/C20H21FN2O3/c1-12(24)22-9-13-5-15(11-22)18-6-14(7-20(25)23(18)10-13)17-8-16(21)3-4-19(17)26-2/h3-4,6-8,13,15H,5,9-11H2,1-2H3/t13-,15+/m0/s1. The van der Waals surface area contributed by atoms with E-state index in [-0.39, 0.29) is 23.2 Å². The van der Waals surface area contributed by atoms with E-state index in [1.54, 1.807) is 19.1 Å². The van der Waals surface area contributed by atoms with E-state index >= 15 is 0 Å². The lowest BCUT2D eigenvalue weighted by Crippen LogP contribution is -2.48. The van der Waals surface area contributed by atoms with Gasteiger partial charge >= 0.3 is 0 Å². The highest BCUT2D eigenvalue weighted by Gasteiger charge is 2.35. The first-order valence-electron chi connectivity index (χ1n) is 8.80. The van der Waals surface area contributed by atoms with Crippen molar-refractivity contribution in [2.45, 2.75) is 25.8 Å². The van der Waals surface area contributed by atoms with Gasteiger partial charge in [-0.1, -0.05) is 0 Å². The van der Waals surface area contributed by atoms with Crippen molar-refractivity contribution in [3.63, 3.8) is 0 Å². The Morgan fingerprint density at radius 2 is 2.00 bits per heavy atom. The number of benzene rings is 1. The number of carbonyl (C=O) groups excluding carboxylic acids is 1. The van der Waals surface area contributed by atoms with Crippen LogP contribution in [0.25, 0.3) is 11.1 Å². The van der Waals surface area contributed by atoms with E-state index in [4.69, 9.17) is 4.74 Å². The highest BCUT2D eigenvalue weighted by atomic mass is 19.1. The topological polar surface area (TPSA) is 51.5 Å². The van der Waals surface area contributed by atoms with E-state index in [1.807, 2.05) is 15.5 Å². The number of ether oxygens (including phenoxy) is 1. The molecular formula is C20H21FN2O3. The number of nitrogens with zero attached hydrogens (tertiary/aromatic N) is 2. The summed E-state index contributed by atoms with van der Waals surface area (Å²) in [6.45, 7) is 3.53. The number of likely N-dealkylation sites (tertiary alicyclic amines) is 1. The van der Waals surface area contributed by atoms with Crippen LogP contribution in [0.4, 0.5) is 4.39 Å². The summed E-state index contributed by atoms with van der Waals surface area (Å²) in [5.74, 6) is 0.645. The Kier molecular flexibility index (Phi) is 4.05. The summed E-state index contributed by atoms with van der Waals surface area (Å²) in [6, 6.07) is 7.78. The fourth-order valence-electron chi connectivity index (χ4n) is 4.28. The van der Waals surface area contributed by atoms with Gasteiger partial charge in [0, 0.05) is 49.8 Å². The van der Waals surface area contributed by atoms with Gasteiger partial charge in [0.2, 0.25) is 5.91 Å². The average Bonchev–Trinajstić information content (AvgIpc) is 2.62. The summed E-state index contributed by atoms with van der Waals surface area (Å²) < 4.78 is 20.9. The van der Waals surface area contributed by atoms with E-state index in [2.05, 4.69) is 0 Å². The van der Waals surface area contributed by atoms with Crippen molar-refractivity contribution in [1.82, 2.24) is 9.47 Å². The fourth-order valence-corrected chi connectivity index (χ4v) is 4.28. The second kappa shape index (κ2) is 6.27. The molecular weight excluding hydrogens is 335 g/mol. The number of halogens is 1. The number of hydrogen-bond donors (Lipinski definition) is 0. The zero-order valence-corrected chi connectivity index (χ0v) is 14.9. The minimum absolute atomic E-state index is 0.0680. The summed E-state index contributed by atoms with van der Waals surface area (Å²) in [6.07, 6.45) is 0.965. The van der Waals surface area contributed by atoms with Gasteiger partial charge in [-0.25, -0.2) is 4.39 Å². The van der Waals surface area contributed by atoms with Crippen LogP contribution in [0.5, 0.6) is 5.75 Å². The minimum atomic E-state index is -0.376. The highest BCUT2D eigenvalue weighted by molar-refractivity contribution is 5.74. The minimum Gasteiger partial charge on any atom is -0.496 e. The largest absolute Gasteiger partial charge is 0.496 e. The van der Waals surface area contributed by atoms with Crippen molar-refractivity contribution in [3.05, 3.63) is 52.2 Å². The average molecular weight is 356 g/mol. The van der Waals surface area contributed by atoms with Crippen molar-refractivity contribution in [2.24, 2.45) is 5.92 Å². The molecule has 2 bridgehead atoms. The highest BCUT2D eigenvalue weighted by Crippen LogP contribution is 2.38. The van der Waals surface area contributed by atoms with Crippen molar-refractivity contribution in [3.8, 4) is 16.9 Å². The van der Waals surface area contributed by atoms with Crippen LogP contribution in [0, 0.1) is 11.7 Å². The summed E-state index contributed by atoms with van der Waals surface area (Å²) in [5, 5.41) is 0. The van der Waals surface area contributed by atoms with Crippen molar-refractivity contribution in [2.75, 3.05) is 20.2 Å². The van der Waals surface area contributed by atoms with Crippen LogP contribution >= 0.6 is 0 Å². The van der Waals surface area contributed by atoms with Gasteiger partial charge in [0.25, 0.3) is 5.56 Å². The molecule has 0 saturated carbocycles. The maximum absolute atomic E-state index is 13.8. The smallest absolute Gasteiger partial charge is 0.251 e. The molecule has 2 atom stereocenters. The number of pyridine rings is 1. The predicted octanol–water partition coefficient (Wildman–Crippen LogP) is 2.63. The molecule has 0 radical (unpaired) electrons. The number of methoxy groups -OCH3 is 1. The van der Waals surface area contributed by atoms with Crippen LogP contribution in [0.1, 0.15) is 25.0 Å². The number of piperidine rings is 1. The maximum atomic E-state index is 13.8. The van der Waals surface area contributed by atoms with Crippen LogP contribution < -0.4 is 10.3 Å².